The van der Waals surface area contributed by atoms with Gasteiger partial charge >= 0.3 is 5.97 Å². The fourth-order valence-corrected chi connectivity index (χ4v) is 2.69. The van der Waals surface area contributed by atoms with Gasteiger partial charge in [-0.15, -0.1) is 10.2 Å². The number of ether oxygens (including phenoxy) is 2. The van der Waals surface area contributed by atoms with Crippen molar-refractivity contribution in [3.63, 3.8) is 0 Å². The van der Waals surface area contributed by atoms with Crippen molar-refractivity contribution in [3.8, 4) is 17.3 Å². The Kier molecular flexibility index (Phi) is 4.04. The minimum Gasteiger partial charge on any atom is -0.497 e. The Morgan fingerprint density at radius 1 is 1.45 bits per heavy atom. The zero-order valence-electron chi connectivity index (χ0n) is 12.7. The number of methoxy groups -OCH3 is 1. The molecule has 0 N–H and O–H groups in total. The maximum atomic E-state index is 12.1. The maximum Gasteiger partial charge on any atom is 0.316 e. The van der Waals surface area contributed by atoms with E-state index in [-0.39, 0.29) is 11.9 Å². The third-order valence-corrected chi connectivity index (χ3v) is 3.73. The van der Waals surface area contributed by atoms with Crippen LogP contribution >= 0.6 is 0 Å². The molecule has 1 unspecified atom stereocenters. The summed E-state index contributed by atoms with van der Waals surface area (Å²) in [5, 5.41) is 8.43. The molecule has 0 aromatic carbocycles. The Balaban J connectivity index is 1.97. The number of nitrogens with zero attached hydrogens (tertiary/aromatic N) is 4. The van der Waals surface area contributed by atoms with Gasteiger partial charge in [0.15, 0.2) is 5.82 Å². The first-order valence-corrected chi connectivity index (χ1v) is 7.34. The Hall–Kier alpha value is -2.44. The molecule has 1 aliphatic rings. The van der Waals surface area contributed by atoms with Crippen LogP contribution < -0.4 is 4.74 Å². The van der Waals surface area contributed by atoms with E-state index in [1.807, 2.05) is 10.6 Å². The van der Waals surface area contributed by atoms with Crippen LogP contribution in [0, 0.1) is 0 Å². The first-order valence-electron chi connectivity index (χ1n) is 7.34. The first-order chi connectivity index (χ1) is 10.7. The van der Waals surface area contributed by atoms with Gasteiger partial charge in [0, 0.05) is 18.8 Å². The molecule has 0 amide bonds. The third kappa shape index (κ3) is 2.54. The predicted molar refractivity (Wildman–Crippen MR) is 78.4 cm³/mol. The SMILES string of the molecule is CCOC(=O)C1CCCn2c(-c3cc(OC)ccn3)nnc21. The number of hydrogen-bond donors (Lipinski definition) is 0. The van der Waals surface area contributed by atoms with Crippen LogP contribution in [-0.4, -0.2) is 39.4 Å². The number of fused-ring (bicyclic) bond motifs is 1. The maximum absolute atomic E-state index is 12.1. The van der Waals surface area contributed by atoms with Crippen molar-refractivity contribution in [2.45, 2.75) is 32.2 Å². The lowest BCUT2D eigenvalue weighted by Crippen LogP contribution is -2.24. The highest BCUT2D eigenvalue weighted by atomic mass is 16.5. The summed E-state index contributed by atoms with van der Waals surface area (Å²) in [5.41, 5.74) is 0.683. The van der Waals surface area contributed by atoms with Crippen molar-refractivity contribution < 1.29 is 14.3 Å². The van der Waals surface area contributed by atoms with Gasteiger partial charge in [0.1, 0.15) is 23.2 Å². The quantitative estimate of drug-likeness (QED) is 0.801. The smallest absolute Gasteiger partial charge is 0.316 e. The van der Waals surface area contributed by atoms with Crippen molar-refractivity contribution in [3.05, 3.63) is 24.2 Å². The van der Waals surface area contributed by atoms with Gasteiger partial charge in [0.2, 0.25) is 0 Å². The second kappa shape index (κ2) is 6.13. The molecule has 0 bridgehead atoms. The van der Waals surface area contributed by atoms with Crippen LogP contribution in [0.2, 0.25) is 0 Å². The number of rotatable bonds is 4. The third-order valence-electron chi connectivity index (χ3n) is 3.73. The van der Waals surface area contributed by atoms with E-state index >= 15 is 0 Å². The van der Waals surface area contributed by atoms with Crippen molar-refractivity contribution in [1.29, 1.82) is 0 Å². The Morgan fingerprint density at radius 2 is 2.32 bits per heavy atom. The van der Waals surface area contributed by atoms with Gasteiger partial charge in [-0.05, 0) is 25.8 Å². The van der Waals surface area contributed by atoms with E-state index < -0.39 is 0 Å². The second-order valence-corrected chi connectivity index (χ2v) is 5.06. The average molecular weight is 302 g/mol. The lowest BCUT2D eigenvalue weighted by molar-refractivity contribution is -0.145. The number of pyridine rings is 1. The van der Waals surface area contributed by atoms with E-state index in [0.29, 0.717) is 29.7 Å². The van der Waals surface area contributed by atoms with Crippen molar-refractivity contribution in [2.24, 2.45) is 0 Å². The normalized spacial score (nSPS) is 16.9. The molecular weight excluding hydrogens is 284 g/mol. The van der Waals surface area contributed by atoms with Crippen LogP contribution in [0.1, 0.15) is 31.5 Å². The Labute approximate surface area is 128 Å². The molecule has 2 aromatic heterocycles. The van der Waals surface area contributed by atoms with E-state index in [9.17, 15) is 4.79 Å². The topological polar surface area (TPSA) is 79.1 Å². The monoisotopic (exact) mass is 302 g/mol. The van der Waals surface area contributed by atoms with Gasteiger partial charge in [0.25, 0.3) is 0 Å². The zero-order chi connectivity index (χ0) is 15.5. The molecule has 0 aliphatic carbocycles. The van der Waals surface area contributed by atoms with Crippen LogP contribution in [0.25, 0.3) is 11.5 Å². The van der Waals surface area contributed by atoms with Crippen molar-refractivity contribution in [2.75, 3.05) is 13.7 Å². The molecule has 1 atom stereocenters. The molecule has 7 nitrogen and oxygen atoms in total. The van der Waals surface area contributed by atoms with Gasteiger partial charge in [-0.2, -0.15) is 0 Å². The predicted octanol–water partition coefficient (Wildman–Crippen LogP) is 1.79. The zero-order valence-corrected chi connectivity index (χ0v) is 12.7. The van der Waals surface area contributed by atoms with Crippen LogP contribution in [0.3, 0.4) is 0 Å². The van der Waals surface area contributed by atoms with E-state index in [1.165, 1.54) is 0 Å². The lowest BCUT2D eigenvalue weighted by atomic mass is 9.99. The molecule has 3 heterocycles. The van der Waals surface area contributed by atoms with Gasteiger partial charge in [-0.25, -0.2) is 0 Å². The summed E-state index contributed by atoms with van der Waals surface area (Å²) < 4.78 is 12.3. The molecule has 0 fully saturated rings. The molecular formula is C15H18N4O3. The van der Waals surface area contributed by atoms with E-state index in [0.717, 1.165) is 19.4 Å². The van der Waals surface area contributed by atoms with Gasteiger partial charge in [-0.1, -0.05) is 0 Å². The Bertz CT molecular complexity index is 683. The molecule has 3 rings (SSSR count). The summed E-state index contributed by atoms with van der Waals surface area (Å²) in [5.74, 6) is 1.44. The average Bonchev–Trinajstić information content (AvgIpc) is 2.99. The number of carbonyl (C=O) groups excluding carboxylic acids is 1. The summed E-state index contributed by atoms with van der Waals surface area (Å²) in [6.07, 6.45) is 3.29. The molecule has 2 aromatic rings. The summed E-state index contributed by atoms with van der Waals surface area (Å²) in [6.45, 7) is 2.94. The number of carbonyl (C=O) groups is 1. The second-order valence-electron chi connectivity index (χ2n) is 5.06. The largest absolute Gasteiger partial charge is 0.497 e. The summed E-state index contributed by atoms with van der Waals surface area (Å²) in [4.78, 5) is 16.4. The number of hydrogen-bond acceptors (Lipinski definition) is 6. The first kappa shape index (κ1) is 14.5. The molecule has 22 heavy (non-hydrogen) atoms. The van der Waals surface area contributed by atoms with Gasteiger partial charge in [0.05, 0.1) is 13.7 Å². The van der Waals surface area contributed by atoms with Gasteiger partial charge in [-0.3, -0.25) is 9.78 Å². The van der Waals surface area contributed by atoms with E-state index in [1.54, 1.807) is 26.3 Å². The highest BCUT2D eigenvalue weighted by Crippen LogP contribution is 2.31. The molecule has 116 valence electrons. The van der Waals surface area contributed by atoms with E-state index in [4.69, 9.17) is 9.47 Å². The van der Waals surface area contributed by atoms with Crippen molar-refractivity contribution >= 4 is 5.97 Å². The van der Waals surface area contributed by atoms with Crippen LogP contribution in [-0.2, 0) is 16.1 Å². The fourth-order valence-electron chi connectivity index (χ4n) is 2.69. The minimum atomic E-state index is -0.347. The van der Waals surface area contributed by atoms with E-state index in [2.05, 4.69) is 15.2 Å². The summed E-state index contributed by atoms with van der Waals surface area (Å²) in [7, 11) is 1.61. The van der Waals surface area contributed by atoms with Crippen LogP contribution in [0.5, 0.6) is 5.75 Å². The standard InChI is InChI=1S/C15H18N4O3/c1-3-22-15(20)11-5-4-8-19-13(11)17-18-14(19)12-9-10(21-2)6-7-16-12/h6-7,9,11H,3-5,8H2,1-2H3. The molecule has 7 heteroatoms. The molecule has 0 saturated carbocycles. The fraction of sp³-hybridized carbons (Fsp3) is 0.467. The summed E-state index contributed by atoms with van der Waals surface area (Å²) in [6, 6.07) is 3.59. The summed E-state index contributed by atoms with van der Waals surface area (Å²) >= 11 is 0. The Morgan fingerprint density at radius 3 is 3.09 bits per heavy atom. The molecule has 0 spiro atoms. The highest BCUT2D eigenvalue weighted by molar-refractivity contribution is 5.77. The minimum absolute atomic E-state index is 0.235. The molecule has 1 aliphatic heterocycles. The van der Waals surface area contributed by atoms with Crippen LogP contribution in [0.15, 0.2) is 18.3 Å². The highest BCUT2D eigenvalue weighted by Gasteiger charge is 2.32. The lowest BCUT2D eigenvalue weighted by Gasteiger charge is -2.22. The van der Waals surface area contributed by atoms with Gasteiger partial charge < -0.3 is 14.0 Å². The number of esters is 1. The van der Waals surface area contributed by atoms with Crippen molar-refractivity contribution in [1.82, 2.24) is 19.7 Å². The van der Waals surface area contributed by atoms with Crippen LogP contribution in [0.4, 0.5) is 0 Å². The molecule has 0 radical (unpaired) electrons. The number of aromatic nitrogens is 4. The molecule has 0 saturated heterocycles.